The Morgan fingerprint density at radius 3 is 2.48 bits per heavy atom. The minimum Gasteiger partial charge on any atom is -0.416 e. The summed E-state index contributed by atoms with van der Waals surface area (Å²) in [7, 11) is 0. The first kappa shape index (κ1) is 18.1. The van der Waals surface area contributed by atoms with Crippen LogP contribution in [0, 0.1) is 18.3 Å². The Bertz CT molecular complexity index is 1220. The summed E-state index contributed by atoms with van der Waals surface area (Å²) in [6, 6.07) is 23.5. The minimum absolute atomic E-state index is 0.266. The first-order valence-electron chi connectivity index (χ1n) is 8.95. The van der Waals surface area contributed by atoms with Gasteiger partial charge in [-0.25, -0.2) is 0 Å². The van der Waals surface area contributed by atoms with Crippen molar-refractivity contribution in [3.05, 3.63) is 89.5 Å². The first-order valence-corrected chi connectivity index (χ1v) is 8.95. The molecule has 0 aliphatic heterocycles. The molecule has 0 aliphatic carbocycles. The highest BCUT2D eigenvalue weighted by Crippen LogP contribution is 2.26. The van der Waals surface area contributed by atoms with Crippen molar-refractivity contribution in [1.29, 1.82) is 5.26 Å². The molecule has 0 atom stereocenters. The third kappa shape index (κ3) is 3.89. The summed E-state index contributed by atoms with van der Waals surface area (Å²) in [4.78, 5) is 12.4. The molecule has 4 rings (SSSR count). The largest absolute Gasteiger partial charge is 0.416 e. The number of aryl methyl sites for hydroxylation is 1. The van der Waals surface area contributed by atoms with Gasteiger partial charge >= 0.3 is 0 Å². The van der Waals surface area contributed by atoms with Crippen molar-refractivity contribution in [1.82, 2.24) is 10.2 Å². The van der Waals surface area contributed by atoms with Gasteiger partial charge in [0.25, 0.3) is 5.91 Å². The van der Waals surface area contributed by atoms with Crippen molar-refractivity contribution in [2.45, 2.75) is 6.92 Å². The van der Waals surface area contributed by atoms with Crippen molar-refractivity contribution in [3.8, 4) is 29.0 Å². The zero-order valence-electron chi connectivity index (χ0n) is 15.6. The molecule has 0 spiro atoms. The monoisotopic (exact) mass is 380 g/mol. The second kappa shape index (κ2) is 7.79. The third-order valence-electron chi connectivity index (χ3n) is 4.44. The number of amides is 1. The number of hydrogen-bond donors (Lipinski definition) is 1. The zero-order valence-corrected chi connectivity index (χ0v) is 15.6. The van der Waals surface area contributed by atoms with Crippen LogP contribution in [0.5, 0.6) is 0 Å². The Morgan fingerprint density at radius 1 is 0.966 bits per heavy atom. The number of anilines is 1. The fourth-order valence-electron chi connectivity index (χ4n) is 2.90. The fourth-order valence-corrected chi connectivity index (χ4v) is 2.90. The van der Waals surface area contributed by atoms with Crippen LogP contribution in [0.1, 0.15) is 21.5 Å². The zero-order chi connectivity index (χ0) is 20.2. The topological polar surface area (TPSA) is 91.8 Å². The molecule has 0 bridgehead atoms. The second-order valence-electron chi connectivity index (χ2n) is 6.45. The molecule has 0 saturated heterocycles. The summed E-state index contributed by atoms with van der Waals surface area (Å²) in [5.74, 6) is 0.576. The molecule has 1 amide bonds. The maximum Gasteiger partial charge on any atom is 0.255 e. The van der Waals surface area contributed by atoms with Crippen molar-refractivity contribution in [3.63, 3.8) is 0 Å². The molecular weight excluding hydrogens is 364 g/mol. The van der Waals surface area contributed by atoms with E-state index in [-0.39, 0.29) is 5.91 Å². The molecular formula is C23H16N4O2. The van der Waals surface area contributed by atoms with Gasteiger partial charge in [-0.1, -0.05) is 24.3 Å². The molecule has 0 unspecified atom stereocenters. The molecule has 6 nitrogen and oxygen atoms in total. The van der Waals surface area contributed by atoms with Gasteiger partial charge in [0.1, 0.15) is 0 Å². The number of hydrogen-bond acceptors (Lipinski definition) is 5. The normalized spacial score (nSPS) is 10.3. The summed E-state index contributed by atoms with van der Waals surface area (Å²) < 4.78 is 5.80. The minimum atomic E-state index is -0.266. The lowest BCUT2D eigenvalue weighted by Gasteiger charge is -2.06. The van der Waals surface area contributed by atoms with Crippen LogP contribution in [-0.2, 0) is 0 Å². The Hall–Kier alpha value is -4.24. The van der Waals surface area contributed by atoms with Gasteiger partial charge in [-0.3, -0.25) is 4.79 Å². The predicted octanol–water partition coefficient (Wildman–Crippen LogP) is 4.84. The van der Waals surface area contributed by atoms with Gasteiger partial charge in [-0.2, -0.15) is 5.26 Å². The van der Waals surface area contributed by atoms with Gasteiger partial charge in [0.2, 0.25) is 11.8 Å². The van der Waals surface area contributed by atoms with Crippen molar-refractivity contribution >= 4 is 11.6 Å². The summed E-state index contributed by atoms with van der Waals surface area (Å²) in [6.45, 7) is 1.99. The standard InChI is InChI=1S/C23H16N4O2/c1-15-5-2-3-8-20(15)23-27-26-22(29-23)18-11-9-17(10-12-18)21(28)25-19-7-4-6-16(13-19)14-24/h2-13H,1H3,(H,25,28). The van der Waals surface area contributed by atoms with Gasteiger partial charge in [-0.15, -0.1) is 10.2 Å². The third-order valence-corrected chi connectivity index (χ3v) is 4.44. The molecule has 4 aromatic rings. The molecule has 0 fully saturated rings. The Balaban J connectivity index is 1.52. The van der Waals surface area contributed by atoms with E-state index in [1.807, 2.05) is 37.3 Å². The van der Waals surface area contributed by atoms with Crippen molar-refractivity contribution in [2.24, 2.45) is 0 Å². The van der Waals surface area contributed by atoms with Gasteiger partial charge < -0.3 is 9.73 Å². The van der Waals surface area contributed by atoms with Gasteiger partial charge in [0, 0.05) is 22.4 Å². The number of nitrogens with one attached hydrogen (secondary N) is 1. The molecule has 1 N–H and O–H groups in total. The Kier molecular flexibility index (Phi) is 4.87. The Labute approximate surface area is 167 Å². The average molecular weight is 380 g/mol. The van der Waals surface area contributed by atoms with Crippen LogP contribution in [0.4, 0.5) is 5.69 Å². The molecule has 0 saturated carbocycles. The predicted molar refractivity (Wildman–Crippen MR) is 109 cm³/mol. The highest BCUT2D eigenvalue weighted by molar-refractivity contribution is 6.04. The van der Waals surface area contributed by atoms with Crippen LogP contribution >= 0.6 is 0 Å². The van der Waals surface area contributed by atoms with Crippen LogP contribution in [0.3, 0.4) is 0 Å². The van der Waals surface area contributed by atoms with Crippen molar-refractivity contribution in [2.75, 3.05) is 5.32 Å². The number of carbonyl (C=O) groups is 1. The molecule has 6 heteroatoms. The van der Waals surface area contributed by atoms with E-state index in [0.29, 0.717) is 28.6 Å². The smallest absolute Gasteiger partial charge is 0.255 e. The van der Waals surface area contributed by atoms with Crippen LogP contribution in [0.25, 0.3) is 22.9 Å². The highest BCUT2D eigenvalue weighted by atomic mass is 16.4. The molecule has 1 aromatic heterocycles. The highest BCUT2D eigenvalue weighted by Gasteiger charge is 2.13. The molecule has 1 heterocycles. The molecule has 0 aliphatic rings. The maximum atomic E-state index is 12.4. The van der Waals surface area contributed by atoms with Gasteiger partial charge in [0.05, 0.1) is 11.6 Å². The van der Waals surface area contributed by atoms with Gasteiger partial charge in [0.15, 0.2) is 0 Å². The summed E-state index contributed by atoms with van der Waals surface area (Å²) in [5, 5.41) is 20.0. The van der Waals surface area contributed by atoms with E-state index in [0.717, 1.165) is 16.7 Å². The van der Waals surface area contributed by atoms with Crippen LogP contribution < -0.4 is 5.32 Å². The van der Waals surface area contributed by atoms with E-state index in [4.69, 9.17) is 9.68 Å². The lowest BCUT2D eigenvalue weighted by Crippen LogP contribution is -2.11. The fraction of sp³-hybridized carbons (Fsp3) is 0.0435. The number of nitrogens with zero attached hydrogens (tertiary/aromatic N) is 3. The van der Waals surface area contributed by atoms with Crippen LogP contribution in [0.2, 0.25) is 0 Å². The number of nitriles is 1. The quantitative estimate of drug-likeness (QED) is 0.547. The van der Waals surface area contributed by atoms with Gasteiger partial charge in [-0.05, 0) is 61.0 Å². The number of benzene rings is 3. The molecule has 140 valence electrons. The number of rotatable bonds is 4. The van der Waals surface area contributed by atoms with Crippen LogP contribution in [-0.4, -0.2) is 16.1 Å². The summed E-state index contributed by atoms with van der Waals surface area (Å²) in [6.07, 6.45) is 0. The molecule has 29 heavy (non-hydrogen) atoms. The van der Waals surface area contributed by atoms with E-state index in [9.17, 15) is 4.79 Å². The van der Waals surface area contributed by atoms with E-state index in [1.54, 1.807) is 48.5 Å². The summed E-state index contributed by atoms with van der Waals surface area (Å²) in [5.41, 5.74) is 4.20. The maximum absolute atomic E-state index is 12.4. The van der Waals surface area contributed by atoms with E-state index in [2.05, 4.69) is 15.5 Å². The van der Waals surface area contributed by atoms with E-state index >= 15 is 0 Å². The summed E-state index contributed by atoms with van der Waals surface area (Å²) >= 11 is 0. The average Bonchev–Trinajstić information content (AvgIpc) is 3.24. The number of aromatic nitrogens is 2. The first-order chi connectivity index (χ1) is 14.1. The molecule has 0 radical (unpaired) electrons. The lowest BCUT2D eigenvalue weighted by atomic mass is 10.1. The van der Waals surface area contributed by atoms with Crippen molar-refractivity contribution < 1.29 is 9.21 Å². The van der Waals surface area contributed by atoms with E-state index in [1.165, 1.54) is 0 Å². The number of carbonyl (C=O) groups excluding carboxylic acids is 1. The van der Waals surface area contributed by atoms with Crippen LogP contribution in [0.15, 0.2) is 77.2 Å². The lowest BCUT2D eigenvalue weighted by molar-refractivity contribution is 0.102. The van der Waals surface area contributed by atoms with E-state index < -0.39 is 0 Å². The second-order valence-corrected chi connectivity index (χ2v) is 6.45. The SMILES string of the molecule is Cc1ccccc1-c1nnc(-c2ccc(C(=O)Nc3cccc(C#N)c3)cc2)o1. The Morgan fingerprint density at radius 2 is 1.72 bits per heavy atom. The molecule has 3 aromatic carbocycles.